The molecule has 1 fully saturated rings. The number of piperidine rings is 1. The van der Waals surface area contributed by atoms with Crippen molar-refractivity contribution in [1.29, 1.82) is 0 Å². The van der Waals surface area contributed by atoms with E-state index in [2.05, 4.69) is 10.3 Å². The Kier molecular flexibility index (Phi) is 4.15. The van der Waals surface area contributed by atoms with E-state index in [9.17, 15) is 4.79 Å². The van der Waals surface area contributed by atoms with Crippen molar-refractivity contribution in [2.45, 2.75) is 19.8 Å². The van der Waals surface area contributed by atoms with Crippen LogP contribution in [-0.4, -0.2) is 30.6 Å². The fraction of sp³-hybridized carbons (Fsp3) is 0.538. The number of aromatic nitrogens is 1. The first-order valence-corrected chi connectivity index (χ1v) is 6.27. The summed E-state index contributed by atoms with van der Waals surface area (Å²) in [6.45, 7) is 4.43. The number of nitrogens with one attached hydrogen (secondary N) is 1. The second-order valence-corrected chi connectivity index (χ2v) is 4.70. The molecule has 0 bridgehead atoms. The summed E-state index contributed by atoms with van der Waals surface area (Å²) in [5.41, 5.74) is 6.54. The second kappa shape index (κ2) is 5.82. The van der Waals surface area contributed by atoms with E-state index in [-0.39, 0.29) is 0 Å². The van der Waals surface area contributed by atoms with Gasteiger partial charge >= 0.3 is 0 Å². The van der Waals surface area contributed by atoms with Crippen LogP contribution in [0.25, 0.3) is 0 Å². The zero-order chi connectivity index (χ0) is 13.0. The molecular weight excluding hydrogens is 230 g/mol. The zero-order valence-electron chi connectivity index (χ0n) is 10.6. The fourth-order valence-electron chi connectivity index (χ4n) is 2.21. The number of nitrogens with zero attached hydrogens (tertiary/aromatic N) is 1. The number of aryl methyl sites for hydroxylation is 1. The lowest BCUT2D eigenvalue weighted by Gasteiger charge is -2.23. The molecule has 0 aromatic carbocycles. The zero-order valence-corrected chi connectivity index (χ0v) is 10.6. The van der Waals surface area contributed by atoms with E-state index in [1.54, 1.807) is 12.3 Å². The average molecular weight is 249 g/mol. The molecule has 3 N–H and O–H groups in total. The van der Waals surface area contributed by atoms with Crippen LogP contribution >= 0.6 is 0 Å². The molecule has 2 rings (SSSR count). The first kappa shape index (κ1) is 12.8. The molecule has 0 saturated carbocycles. The molecule has 0 spiro atoms. The molecule has 2 heterocycles. The maximum atomic E-state index is 11.4. The molecule has 1 aromatic rings. The van der Waals surface area contributed by atoms with Crippen LogP contribution in [0.15, 0.2) is 12.3 Å². The fourth-order valence-corrected chi connectivity index (χ4v) is 2.21. The highest BCUT2D eigenvalue weighted by Gasteiger charge is 2.17. The molecule has 1 aliphatic rings. The van der Waals surface area contributed by atoms with Gasteiger partial charge in [-0.05, 0) is 37.9 Å². The minimum absolute atomic E-state index is 0.355. The average Bonchev–Trinajstić information content (AvgIpc) is 2.37. The monoisotopic (exact) mass is 249 g/mol. The van der Waals surface area contributed by atoms with Crippen LogP contribution < -0.4 is 15.8 Å². The summed E-state index contributed by atoms with van der Waals surface area (Å²) in [7, 11) is 0. The molecule has 1 aromatic heterocycles. The lowest BCUT2D eigenvalue weighted by atomic mass is 10.0. The van der Waals surface area contributed by atoms with Gasteiger partial charge in [0.15, 0.2) is 0 Å². The van der Waals surface area contributed by atoms with Gasteiger partial charge in [-0.2, -0.15) is 0 Å². The molecular formula is C13H19N3O2. The van der Waals surface area contributed by atoms with Crippen LogP contribution in [0.4, 0.5) is 0 Å². The first-order chi connectivity index (χ1) is 8.68. The van der Waals surface area contributed by atoms with Crippen molar-refractivity contribution in [3.05, 3.63) is 23.4 Å². The smallest absolute Gasteiger partial charge is 0.254 e. The third-order valence-corrected chi connectivity index (χ3v) is 3.23. The van der Waals surface area contributed by atoms with Gasteiger partial charge in [-0.1, -0.05) is 0 Å². The first-order valence-electron chi connectivity index (χ1n) is 6.27. The Morgan fingerprint density at radius 2 is 2.50 bits per heavy atom. The lowest BCUT2D eigenvalue weighted by molar-refractivity contribution is 0.0993. The van der Waals surface area contributed by atoms with Gasteiger partial charge < -0.3 is 15.8 Å². The van der Waals surface area contributed by atoms with E-state index in [0.29, 0.717) is 24.0 Å². The molecule has 0 radical (unpaired) electrons. The predicted octanol–water partition coefficient (Wildman–Crippen LogP) is 0.867. The molecule has 1 saturated heterocycles. The van der Waals surface area contributed by atoms with Crippen LogP contribution in [0.5, 0.6) is 5.88 Å². The Bertz CT molecular complexity index is 428. The van der Waals surface area contributed by atoms with Gasteiger partial charge in [0.05, 0.1) is 6.61 Å². The third kappa shape index (κ3) is 2.98. The number of rotatable bonds is 4. The maximum absolute atomic E-state index is 11.4. The van der Waals surface area contributed by atoms with Crippen molar-refractivity contribution in [3.63, 3.8) is 0 Å². The third-order valence-electron chi connectivity index (χ3n) is 3.23. The Morgan fingerprint density at radius 3 is 3.17 bits per heavy atom. The van der Waals surface area contributed by atoms with Crippen molar-refractivity contribution in [1.82, 2.24) is 10.3 Å². The molecule has 98 valence electrons. The van der Waals surface area contributed by atoms with E-state index >= 15 is 0 Å². The van der Waals surface area contributed by atoms with E-state index in [1.807, 2.05) is 6.92 Å². The van der Waals surface area contributed by atoms with Crippen molar-refractivity contribution >= 4 is 5.91 Å². The lowest BCUT2D eigenvalue weighted by Crippen LogP contribution is -2.33. The number of primary amides is 1. The molecule has 1 unspecified atom stereocenters. The number of nitrogens with two attached hydrogens (primary N) is 1. The summed E-state index contributed by atoms with van der Waals surface area (Å²) in [5, 5.41) is 3.33. The summed E-state index contributed by atoms with van der Waals surface area (Å²) >= 11 is 0. The van der Waals surface area contributed by atoms with Crippen molar-refractivity contribution in [3.8, 4) is 5.88 Å². The van der Waals surface area contributed by atoms with Crippen LogP contribution in [0.3, 0.4) is 0 Å². The number of hydrogen-bond donors (Lipinski definition) is 2. The van der Waals surface area contributed by atoms with Gasteiger partial charge in [-0.25, -0.2) is 4.98 Å². The number of carbonyl (C=O) groups is 1. The van der Waals surface area contributed by atoms with Crippen LogP contribution in [-0.2, 0) is 0 Å². The predicted molar refractivity (Wildman–Crippen MR) is 68.6 cm³/mol. The molecule has 5 nitrogen and oxygen atoms in total. The topological polar surface area (TPSA) is 77.2 Å². The number of amides is 1. The Balaban J connectivity index is 2.04. The normalized spacial score (nSPS) is 19.5. The quantitative estimate of drug-likeness (QED) is 0.830. The van der Waals surface area contributed by atoms with E-state index in [4.69, 9.17) is 10.5 Å². The Morgan fingerprint density at radius 1 is 1.67 bits per heavy atom. The van der Waals surface area contributed by atoms with Crippen LogP contribution in [0.2, 0.25) is 0 Å². The van der Waals surface area contributed by atoms with Crippen molar-refractivity contribution in [2.75, 3.05) is 19.7 Å². The number of pyridine rings is 1. The second-order valence-electron chi connectivity index (χ2n) is 4.70. The standard InChI is InChI=1S/C13H19N3O2/c1-9-4-6-16-13(11(9)12(14)17)18-8-10-3-2-5-15-7-10/h4,6,10,15H,2-3,5,7-8H2,1H3,(H2,14,17). The molecule has 0 aliphatic carbocycles. The molecule has 1 amide bonds. The van der Waals surface area contributed by atoms with Crippen molar-refractivity contribution < 1.29 is 9.53 Å². The van der Waals surface area contributed by atoms with Crippen molar-refractivity contribution in [2.24, 2.45) is 11.7 Å². The summed E-state index contributed by atoms with van der Waals surface area (Å²) in [4.78, 5) is 15.5. The largest absolute Gasteiger partial charge is 0.477 e. The number of carbonyl (C=O) groups excluding carboxylic acids is 1. The van der Waals surface area contributed by atoms with Crippen LogP contribution in [0.1, 0.15) is 28.8 Å². The van der Waals surface area contributed by atoms with Gasteiger partial charge in [0.1, 0.15) is 5.56 Å². The Labute approximate surface area is 107 Å². The highest BCUT2D eigenvalue weighted by molar-refractivity contribution is 5.96. The minimum Gasteiger partial charge on any atom is -0.477 e. The van der Waals surface area contributed by atoms with Crippen LogP contribution in [0, 0.1) is 12.8 Å². The SMILES string of the molecule is Cc1ccnc(OCC2CCCNC2)c1C(N)=O. The van der Waals surface area contributed by atoms with Gasteiger partial charge in [0, 0.05) is 18.7 Å². The maximum Gasteiger partial charge on any atom is 0.254 e. The summed E-state index contributed by atoms with van der Waals surface area (Å²) in [6, 6.07) is 1.76. The van der Waals surface area contributed by atoms with E-state index < -0.39 is 5.91 Å². The summed E-state index contributed by atoms with van der Waals surface area (Å²) in [5.74, 6) is 0.340. The molecule has 18 heavy (non-hydrogen) atoms. The summed E-state index contributed by atoms with van der Waals surface area (Å²) < 4.78 is 5.67. The Hall–Kier alpha value is -1.62. The molecule has 1 atom stereocenters. The number of hydrogen-bond acceptors (Lipinski definition) is 4. The van der Waals surface area contributed by atoms with Gasteiger partial charge in [0.25, 0.3) is 5.91 Å². The van der Waals surface area contributed by atoms with Gasteiger partial charge in [0.2, 0.25) is 5.88 Å². The molecule has 5 heteroatoms. The van der Waals surface area contributed by atoms with Gasteiger partial charge in [-0.15, -0.1) is 0 Å². The van der Waals surface area contributed by atoms with Gasteiger partial charge in [-0.3, -0.25) is 4.79 Å². The highest BCUT2D eigenvalue weighted by Crippen LogP contribution is 2.20. The minimum atomic E-state index is -0.489. The highest BCUT2D eigenvalue weighted by atomic mass is 16.5. The molecule has 1 aliphatic heterocycles. The van der Waals surface area contributed by atoms with E-state index in [1.165, 1.54) is 0 Å². The number of ether oxygens (including phenoxy) is 1. The van der Waals surface area contributed by atoms with E-state index in [0.717, 1.165) is 31.5 Å². The summed E-state index contributed by atoms with van der Waals surface area (Å²) in [6.07, 6.45) is 3.94.